The third-order valence-corrected chi connectivity index (χ3v) is 4.64. The molecule has 3 heterocycles. The van der Waals surface area contributed by atoms with E-state index in [9.17, 15) is 9.59 Å². The van der Waals surface area contributed by atoms with Crippen molar-refractivity contribution in [2.75, 3.05) is 0 Å². The second kappa shape index (κ2) is 5.85. The van der Waals surface area contributed by atoms with Gasteiger partial charge < -0.3 is 0 Å². The SMILES string of the molecule is O=C1C=CC(=O)N1.c1ccc2c(c1)N=c1c-2ccc2c1=Nc1ccccc1-2. The van der Waals surface area contributed by atoms with Crippen molar-refractivity contribution in [1.29, 1.82) is 0 Å². The van der Waals surface area contributed by atoms with E-state index in [1.807, 2.05) is 17.4 Å². The smallest absolute Gasteiger partial charge is 0.250 e. The number of benzene rings is 3. The lowest BCUT2D eigenvalue weighted by Crippen LogP contribution is -2.25. The summed E-state index contributed by atoms with van der Waals surface area (Å²) in [5, 5.41) is 4.06. The summed E-state index contributed by atoms with van der Waals surface area (Å²) in [4.78, 5) is 29.6. The Labute approximate surface area is 154 Å². The van der Waals surface area contributed by atoms with Gasteiger partial charge in [-0.25, -0.2) is 9.98 Å². The monoisotopic (exact) mass is 351 g/mol. The highest BCUT2D eigenvalue weighted by molar-refractivity contribution is 6.12. The number of para-hydroxylation sites is 2. The summed E-state index contributed by atoms with van der Waals surface area (Å²) in [6.45, 7) is 0. The average molecular weight is 351 g/mol. The molecule has 0 unspecified atom stereocenters. The zero-order valence-corrected chi connectivity index (χ0v) is 14.1. The quantitative estimate of drug-likeness (QED) is 0.436. The molecule has 0 aliphatic carbocycles. The van der Waals surface area contributed by atoms with Gasteiger partial charge in [0.1, 0.15) is 0 Å². The molecule has 3 aromatic carbocycles. The fourth-order valence-corrected chi connectivity index (χ4v) is 3.44. The van der Waals surface area contributed by atoms with Crippen molar-refractivity contribution < 1.29 is 9.59 Å². The van der Waals surface area contributed by atoms with Gasteiger partial charge in [0.15, 0.2) is 0 Å². The van der Waals surface area contributed by atoms with E-state index in [0.717, 1.165) is 22.1 Å². The lowest BCUT2D eigenvalue weighted by molar-refractivity contribution is -0.123. The molecular formula is C22H13N3O2. The summed E-state index contributed by atoms with van der Waals surface area (Å²) in [7, 11) is 0. The molecule has 128 valence electrons. The van der Waals surface area contributed by atoms with Crippen LogP contribution in [-0.2, 0) is 9.59 Å². The molecular weight excluding hydrogens is 338 g/mol. The molecule has 0 saturated carbocycles. The minimum atomic E-state index is -0.329. The van der Waals surface area contributed by atoms with Crippen molar-refractivity contribution in [2.24, 2.45) is 9.98 Å². The summed E-state index contributed by atoms with van der Waals surface area (Å²) in [5.74, 6) is -0.657. The van der Waals surface area contributed by atoms with Gasteiger partial charge in [0.05, 0.1) is 22.1 Å². The van der Waals surface area contributed by atoms with E-state index in [4.69, 9.17) is 9.98 Å². The molecule has 27 heavy (non-hydrogen) atoms. The molecule has 0 spiro atoms. The molecule has 0 radical (unpaired) electrons. The van der Waals surface area contributed by atoms with E-state index >= 15 is 0 Å². The Hall–Kier alpha value is -3.86. The van der Waals surface area contributed by atoms with Crippen LogP contribution in [0, 0.1) is 0 Å². The van der Waals surface area contributed by atoms with Gasteiger partial charge in [0.2, 0.25) is 0 Å². The first-order chi connectivity index (χ1) is 13.2. The zero-order valence-electron chi connectivity index (χ0n) is 14.1. The van der Waals surface area contributed by atoms with Crippen LogP contribution in [0.5, 0.6) is 0 Å². The highest BCUT2D eigenvalue weighted by Crippen LogP contribution is 2.35. The van der Waals surface area contributed by atoms with Gasteiger partial charge in [-0.1, -0.05) is 48.5 Å². The molecule has 3 aromatic rings. The van der Waals surface area contributed by atoms with Gasteiger partial charge in [0, 0.05) is 34.4 Å². The molecule has 3 aliphatic rings. The van der Waals surface area contributed by atoms with Crippen LogP contribution >= 0.6 is 0 Å². The zero-order chi connectivity index (χ0) is 18.4. The van der Waals surface area contributed by atoms with Crippen molar-refractivity contribution in [1.82, 2.24) is 5.32 Å². The highest BCUT2D eigenvalue weighted by Gasteiger charge is 2.20. The third-order valence-electron chi connectivity index (χ3n) is 4.64. The van der Waals surface area contributed by atoms with Crippen LogP contribution in [0.4, 0.5) is 11.4 Å². The second-order valence-corrected chi connectivity index (χ2v) is 6.30. The van der Waals surface area contributed by atoms with Crippen LogP contribution in [0.25, 0.3) is 22.3 Å². The van der Waals surface area contributed by atoms with Crippen LogP contribution in [0.1, 0.15) is 0 Å². The van der Waals surface area contributed by atoms with Gasteiger partial charge in [-0.05, 0) is 12.1 Å². The Morgan fingerprint density at radius 1 is 0.556 bits per heavy atom. The number of fused-ring (bicyclic) bond motifs is 7. The minimum Gasteiger partial charge on any atom is -0.289 e. The van der Waals surface area contributed by atoms with E-state index in [2.05, 4.69) is 48.5 Å². The lowest BCUT2D eigenvalue weighted by Gasteiger charge is -2.00. The fraction of sp³-hybridized carbons (Fsp3) is 0. The molecule has 0 fully saturated rings. The molecule has 0 aromatic heterocycles. The van der Waals surface area contributed by atoms with Crippen LogP contribution in [-0.4, -0.2) is 11.8 Å². The van der Waals surface area contributed by atoms with Crippen molar-refractivity contribution in [2.45, 2.75) is 0 Å². The molecule has 3 aliphatic heterocycles. The number of nitrogens with one attached hydrogen (secondary N) is 1. The van der Waals surface area contributed by atoms with Gasteiger partial charge in [0.25, 0.3) is 11.8 Å². The lowest BCUT2D eigenvalue weighted by atomic mass is 10.0. The fourth-order valence-electron chi connectivity index (χ4n) is 3.44. The number of carbonyl (C=O) groups excluding carboxylic acids is 2. The van der Waals surface area contributed by atoms with Crippen LogP contribution in [0.3, 0.4) is 0 Å². The maximum absolute atomic E-state index is 10.0. The molecule has 0 bridgehead atoms. The standard InChI is InChI=1S/C18H10N2.C4H3NO2/c1-3-7-15-11(5-1)13-9-10-14-12-6-2-4-8-16(12)20-18(14)17(13)19-15;6-3-1-2-4(7)5-3/h1-10H;1-2H,(H,5,6,7). The molecule has 0 saturated heterocycles. The predicted octanol–water partition coefficient (Wildman–Crippen LogP) is 2.75. The van der Waals surface area contributed by atoms with Crippen LogP contribution in [0.15, 0.2) is 82.8 Å². The van der Waals surface area contributed by atoms with E-state index in [1.54, 1.807) is 0 Å². The number of amides is 2. The van der Waals surface area contributed by atoms with E-state index in [0.29, 0.717) is 0 Å². The Bertz CT molecular complexity index is 1190. The largest absolute Gasteiger partial charge is 0.289 e. The summed E-state index contributed by atoms with van der Waals surface area (Å²) in [6.07, 6.45) is 2.39. The molecule has 0 atom stereocenters. The van der Waals surface area contributed by atoms with Crippen molar-refractivity contribution in [3.63, 3.8) is 0 Å². The summed E-state index contributed by atoms with van der Waals surface area (Å²) in [6, 6.07) is 20.9. The van der Waals surface area contributed by atoms with Crippen LogP contribution in [0.2, 0.25) is 0 Å². The Kier molecular flexibility index (Phi) is 3.33. The third kappa shape index (κ3) is 2.48. The summed E-state index contributed by atoms with van der Waals surface area (Å²) >= 11 is 0. The van der Waals surface area contributed by atoms with Gasteiger partial charge in [-0.15, -0.1) is 0 Å². The predicted molar refractivity (Wildman–Crippen MR) is 101 cm³/mol. The van der Waals surface area contributed by atoms with Crippen molar-refractivity contribution in [3.05, 3.63) is 83.5 Å². The highest BCUT2D eigenvalue weighted by atomic mass is 16.2. The first-order valence-corrected chi connectivity index (χ1v) is 8.53. The first-order valence-electron chi connectivity index (χ1n) is 8.53. The molecule has 5 heteroatoms. The topological polar surface area (TPSA) is 70.9 Å². The van der Waals surface area contributed by atoms with E-state index in [-0.39, 0.29) is 11.8 Å². The normalized spacial score (nSPS) is 14.1. The first kappa shape index (κ1) is 15.4. The Morgan fingerprint density at radius 3 is 1.41 bits per heavy atom. The molecule has 1 N–H and O–H groups in total. The number of nitrogens with zero attached hydrogens (tertiary/aromatic N) is 2. The minimum absolute atomic E-state index is 0.329. The summed E-state index contributed by atoms with van der Waals surface area (Å²) < 4.78 is 0. The van der Waals surface area contributed by atoms with Crippen LogP contribution < -0.4 is 16.0 Å². The Balaban J connectivity index is 0.000000195. The van der Waals surface area contributed by atoms with Crippen molar-refractivity contribution in [3.8, 4) is 22.3 Å². The average Bonchev–Trinajstić information content (AvgIpc) is 3.36. The summed E-state index contributed by atoms with van der Waals surface area (Å²) in [5.41, 5.74) is 6.88. The number of rotatable bonds is 0. The molecule has 2 amide bonds. The maximum atomic E-state index is 10.0. The van der Waals surface area contributed by atoms with E-state index in [1.165, 1.54) is 34.4 Å². The van der Waals surface area contributed by atoms with Crippen molar-refractivity contribution >= 4 is 23.2 Å². The molecule has 6 rings (SSSR count). The second-order valence-electron chi connectivity index (χ2n) is 6.30. The number of imide groups is 1. The number of hydrogen-bond acceptors (Lipinski definition) is 4. The van der Waals surface area contributed by atoms with Gasteiger partial charge in [-0.3, -0.25) is 14.9 Å². The maximum Gasteiger partial charge on any atom is 0.250 e. The van der Waals surface area contributed by atoms with Gasteiger partial charge in [-0.2, -0.15) is 0 Å². The number of carbonyl (C=O) groups is 2. The molecule has 5 nitrogen and oxygen atoms in total. The number of hydrogen-bond donors (Lipinski definition) is 1. The van der Waals surface area contributed by atoms with Gasteiger partial charge >= 0.3 is 0 Å². The Morgan fingerprint density at radius 2 is 1.00 bits per heavy atom. The van der Waals surface area contributed by atoms with E-state index < -0.39 is 0 Å².